The van der Waals surface area contributed by atoms with Crippen molar-refractivity contribution in [3.05, 3.63) is 59.9 Å². The highest BCUT2D eigenvalue weighted by Crippen LogP contribution is 2.19. The van der Waals surface area contributed by atoms with Crippen molar-refractivity contribution >= 4 is 11.6 Å². The maximum Gasteiger partial charge on any atom is 0.238 e. The Morgan fingerprint density at radius 1 is 1.28 bits per heavy atom. The van der Waals surface area contributed by atoms with Crippen LogP contribution in [0.25, 0.3) is 0 Å². The molecule has 5 nitrogen and oxygen atoms in total. The van der Waals surface area contributed by atoms with Crippen molar-refractivity contribution in [2.75, 3.05) is 32.1 Å². The van der Waals surface area contributed by atoms with E-state index in [4.69, 9.17) is 4.74 Å². The van der Waals surface area contributed by atoms with E-state index in [9.17, 15) is 14.3 Å². The number of likely N-dealkylation sites (N-methyl/N-ethyl adjacent to an activating group) is 1. The fourth-order valence-electron chi connectivity index (χ4n) is 2.50. The Morgan fingerprint density at radius 3 is 2.72 bits per heavy atom. The van der Waals surface area contributed by atoms with Gasteiger partial charge in [0.15, 0.2) is 0 Å². The van der Waals surface area contributed by atoms with Crippen molar-refractivity contribution in [3.8, 4) is 5.75 Å². The second-order valence-corrected chi connectivity index (χ2v) is 5.65. The van der Waals surface area contributed by atoms with Crippen molar-refractivity contribution in [1.82, 2.24) is 4.90 Å². The third-order valence-electron chi connectivity index (χ3n) is 3.86. The van der Waals surface area contributed by atoms with E-state index in [1.165, 1.54) is 6.07 Å². The predicted octanol–water partition coefficient (Wildman–Crippen LogP) is 2.83. The first-order valence-corrected chi connectivity index (χ1v) is 8.12. The molecule has 1 unspecified atom stereocenters. The van der Waals surface area contributed by atoms with Crippen LogP contribution in [0.5, 0.6) is 5.75 Å². The van der Waals surface area contributed by atoms with Crippen molar-refractivity contribution in [1.29, 1.82) is 0 Å². The zero-order valence-electron chi connectivity index (χ0n) is 14.4. The molecule has 2 aromatic carbocycles. The van der Waals surface area contributed by atoms with Crippen LogP contribution in [0.4, 0.5) is 10.1 Å². The zero-order chi connectivity index (χ0) is 18.2. The van der Waals surface area contributed by atoms with Crippen molar-refractivity contribution in [3.63, 3.8) is 0 Å². The summed E-state index contributed by atoms with van der Waals surface area (Å²) in [4.78, 5) is 14.0. The predicted molar refractivity (Wildman–Crippen MR) is 95.1 cm³/mol. The smallest absolute Gasteiger partial charge is 0.238 e. The van der Waals surface area contributed by atoms with Crippen molar-refractivity contribution in [2.45, 2.75) is 13.0 Å². The van der Waals surface area contributed by atoms with E-state index in [1.54, 1.807) is 54.5 Å². The Morgan fingerprint density at radius 2 is 2.04 bits per heavy atom. The van der Waals surface area contributed by atoms with Gasteiger partial charge < -0.3 is 15.2 Å². The number of aliphatic hydroxyl groups is 1. The Labute approximate surface area is 147 Å². The first-order valence-electron chi connectivity index (χ1n) is 8.12. The number of ether oxygens (including phenoxy) is 1. The van der Waals surface area contributed by atoms with Crippen LogP contribution in [0.3, 0.4) is 0 Å². The Hall–Kier alpha value is -2.44. The van der Waals surface area contributed by atoms with Gasteiger partial charge in [-0.25, -0.2) is 4.39 Å². The molecular weight excluding hydrogens is 323 g/mol. The molecule has 0 saturated heterocycles. The van der Waals surface area contributed by atoms with Gasteiger partial charge in [0.25, 0.3) is 0 Å². The molecule has 2 aromatic rings. The molecule has 1 atom stereocenters. The average molecular weight is 346 g/mol. The minimum Gasteiger partial charge on any atom is -0.497 e. The van der Waals surface area contributed by atoms with E-state index in [0.29, 0.717) is 18.0 Å². The van der Waals surface area contributed by atoms with E-state index >= 15 is 0 Å². The number of amides is 1. The fourth-order valence-corrected chi connectivity index (χ4v) is 2.50. The lowest BCUT2D eigenvalue weighted by Gasteiger charge is -2.23. The summed E-state index contributed by atoms with van der Waals surface area (Å²) in [6.07, 6.45) is -0.995. The first-order chi connectivity index (χ1) is 12.0. The standard InChI is InChI=1S/C19H23FN2O3/c1-3-22(12-18(23)16-9-4-5-10-17(16)20)13-19(24)21-14-7-6-8-15(11-14)25-2/h4-11,18,23H,3,12-13H2,1-2H3,(H,21,24). The van der Waals surface area contributed by atoms with Crippen molar-refractivity contribution in [2.24, 2.45) is 0 Å². The molecule has 0 aliphatic heterocycles. The quantitative estimate of drug-likeness (QED) is 0.772. The number of nitrogens with one attached hydrogen (secondary N) is 1. The maximum absolute atomic E-state index is 13.7. The molecule has 2 rings (SSSR count). The molecule has 0 fully saturated rings. The number of halogens is 1. The van der Waals surface area contributed by atoms with Gasteiger partial charge in [-0.3, -0.25) is 9.69 Å². The molecule has 6 heteroatoms. The molecule has 0 heterocycles. The van der Waals surface area contributed by atoms with E-state index in [1.807, 2.05) is 6.92 Å². The molecule has 0 bridgehead atoms. The first kappa shape index (κ1) is 18.9. The van der Waals surface area contributed by atoms with Crippen LogP contribution >= 0.6 is 0 Å². The molecule has 1 amide bonds. The average Bonchev–Trinajstić information content (AvgIpc) is 2.61. The number of aliphatic hydroxyl groups excluding tert-OH is 1. The minimum absolute atomic E-state index is 0.0965. The molecule has 0 spiro atoms. The molecular formula is C19H23FN2O3. The van der Waals surface area contributed by atoms with Gasteiger partial charge in [-0.1, -0.05) is 31.2 Å². The number of rotatable bonds is 8. The van der Waals surface area contributed by atoms with Crippen LogP contribution in [-0.2, 0) is 4.79 Å². The third-order valence-corrected chi connectivity index (χ3v) is 3.86. The Bertz CT molecular complexity index is 709. The molecule has 0 aliphatic rings. The van der Waals surface area contributed by atoms with E-state index in [-0.39, 0.29) is 24.6 Å². The summed E-state index contributed by atoms with van der Waals surface area (Å²) in [5, 5.41) is 13.0. The Kier molecular flexibility index (Phi) is 6.91. The number of methoxy groups -OCH3 is 1. The van der Waals surface area contributed by atoms with Crippen LogP contribution < -0.4 is 10.1 Å². The maximum atomic E-state index is 13.7. The van der Waals surface area contributed by atoms with Gasteiger partial charge in [0, 0.05) is 23.9 Å². The number of hydrogen-bond acceptors (Lipinski definition) is 4. The van der Waals surface area contributed by atoms with Gasteiger partial charge in [0.05, 0.1) is 19.8 Å². The molecule has 0 saturated carbocycles. The van der Waals surface area contributed by atoms with E-state index in [2.05, 4.69) is 5.32 Å². The summed E-state index contributed by atoms with van der Waals surface area (Å²) >= 11 is 0. The minimum atomic E-state index is -0.995. The molecule has 25 heavy (non-hydrogen) atoms. The highest BCUT2D eigenvalue weighted by Gasteiger charge is 2.17. The second kappa shape index (κ2) is 9.15. The monoisotopic (exact) mass is 346 g/mol. The summed E-state index contributed by atoms with van der Waals surface area (Å²) in [5.41, 5.74) is 0.865. The summed E-state index contributed by atoms with van der Waals surface area (Å²) < 4.78 is 18.9. The lowest BCUT2D eigenvalue weighted by molar-refractivity contribution is -0.117. The summed E-state index contributed by atoms with van der Waals surface area (Å²) in [7, 11) is 1.56. The number of anilines is 1. The summed E-state index contributed by atoms with van der Waals surface area (Å²) in [5.74, 6) is -0.0113. The third kappa shape index (κ3) is 5.55. The van der Waals surface area contributed by atoms with Crippen molar-refractivity contribution < 1.29 is 19.0 Å². The normalized spacial score (nSPS) is 12.0. The summed E-state index contributed by atoms with van der Waals surface area (Å²) in [6.45, 7) is 2.70. The second-order valence-electron chi connectivity index (χ2n) is 5.65. The van der Waals surface area contributed by atoms with Crippen LogP contribution in [0.15, 0.2) is 48.5 Å². The molecule has 0 aromatic heterocycles. The number of nitrogens with zero attached hydrogens (tertiary/aromatic N) is 1. The Balaban J connectivity index is 1.94. The lowest BCUT2D eigenvalue weighted by atomic mass is 10.1. The zero-order valence-corrected chi connectivity index (χ0v) is 14.4. The van der Waals surface area contributed by atoms with Gasteiger partial charge in [-0.15, -0.1) is 0 Å². The van der Waals surface area contributed by atoms with Gasteiger partial charge in [0.1, 0.15) is 11.6 Å². The number of carbonyl (C=O) groups is 1. The number of benzene rings is 2. The van der Waals surface area contributed by atoms with E-state index in [0.717, 1.165) is 0 Å². The molecule has 0 radical (unpaired) electrons. The SMILES string of the molecule is CCN(CC(=O)Nc1cccc(OC)c1)CC(O)c1ccccc1F. The molecule has 134 valence electrons. The highest BCUT2D eigenvalue weighted by molar-refractivity contribution is 5.92. The van der Waals surface area contributed by atoms with E-state index < -0.39 is 11.9 Å². The van der Waals surface area contributed by atoms with Gasteiger partial charge in [-0.05, 0) is 24.7 Å². The molecule has 0 aliphatic carbocycles. The van der Waals surface area contributed by atoms with Crippen LogP contribution in [0, 0.1) is 5.82 Å². The number of hydrogen-bond donors (Lipinski definition) is 2. The number of carbonyl (C=O) groups excluding carboxylic acids is 1. The highest BCUT2D eigenvalue weighted by atomic mass is 19.1. The van der Waals surface area contributed by atoms with Gasteiger partial charge in [0.2, 0.25) is 5.91 Å². The molecule has 2 N–H and O–H groups in total. The fraction of sp³-hybridized carbons (Fsp3) is 0.316. The topological polar surface area (TPSA) is 61.8 Å². The lowest BCUT2D eigenvalue weighted by Crippen LogP contribution is -2.36. The van der Waals surface area contributed by atoms with Crippen LogP contribution in [-0.4, -0.2) is 42.7 Å². The van der Waals surface area contributed by atoms with Gasteiger partial charge in [-0.2, -0.15) is 0 Å². The van der Waals surface area contributed by atoms with Crippen LogP contribution in [0.1, 0.15) is 18.6 Å². The largest absolute Gasteiger partial charge is 0.497 e. The summed E-state index contributed by atoms with van der Waals surface area (Å²) in [6, 6.07) is 13.2. The van der Waals surface area contributed by atoms with Gasteiger partial charge >= 0.3 is 0 Å². The van der Waals surface area contributed by atoms with Crippen LogP contribution in [0.2, 0.25) is 0 Å².